The largest absolute Gasteiger partial charge is 0.494 e. The number of hydrogen-bond acceptors (Lipinski definition) is 2. The van der Waals surface area contributed by atoms with Crippen LogP contribution in [0.2, 0.25) is 0 Å². The highest BCUT2D eigenvalue weighted by molar-refractivity contribution is 5.33. The second-order valence-corrected chi connectivity index (χ2v) is 6.70. The van der Waals surface area contributed by atoms with Crippen molar-refractivity contribution in [1.29, 1.82) is 0 Å². The van der Waals surface area contributed by atoms with Gasteiger partial charge in [0.25, 0.3) is 0 Å². The maximum Gasteiger partial charge on any atom is 0.119 e. The fourth-order valence-corrected chi connectivity index (χ4v) is 4.15. The first kappa shape index (κ1) is 13.9. The molecule has 110 valence electrons. The Bertz CT molecular complexity index is 450. The van der Waals surface area contributed by atoms with Crippen LogP contribution in [0.15, 0.2) is 24.3 Å². The molecule has 2 saturated carbocycles. The van der Waals surface area contributed by atoms with Gasteiger partial charge in [0, 0.05) is 0 Å². The molecular weight excluding hydrogens is 248 g/mol. The van der Waals surface area contributed by atoms with E-state index in [1.165, 1.54) is 38.5 Å². The quantitative estimate of drug-likeness (QED) is 0.884. The van der Waals surface area contributed by atoms with E-state index in [-0.39, 0.29) is 0 Å². The molecule has 2 aliphatic carbocycles. The summed E-state index contributed by atoms with van der Waals surface area (Å²) < 4.78 is 5.56. The lowest BCUT2D eigenvalue weighted by molar-refractivity contribution is -0.0377. The minimum atomic E-state index is -0.638. The Morgan fingerprint density at radius 3 is 2.40 bits per heavy atom. The molecule has 1 aromatic carbocycles. The van der Waals surface area contributed by atoms with Crippen LogP contribution in [0.25, 0.3) is 0 Å². The van der Waals surface area contributed by atoms with Crippen LogP contribution < -0.4 is 4.74 Å². The van der Waals surface area contributed by atoms with Crippen LogP contribution >= 0.6 is 0 Å². The van der Waals surface area contributed by atoms with E-state index in [1.54, 1.807) is 0 Å². The van der Waals surface area contributed by atoms with Crippen molar-refractivity contribution in [1.82, 2.24) is 0 Å². The molecule has 1 aromatic rings. The van der Waals surface area contributed by atoms with Crippen LogP contribution in [-0.2, 0) is 5.60 Å². The highest BCUT2D eigenvalue weighted by Crippen LogP contribution is 2.53. The molecule has 20 heavy (non-hydrogen) atoms. The van der Waals surface area contributed by atoms with Gasteiger partial charge in [0.15, 0.2) is 0 Å². The van der Waals surface area contributed by atoms with Crippen molar-refractivity contribution >= 4 is 0 Å². The Morgan fingerprint density at radius 1 is 1.05 bits per heavy atom. The highest BCUT2D eigenvalue weighted by Gasteiger charge is 2.43. The van der Waals surface area contributed by atoms with E-state index in [2.05, 4.69) is 6.07 Å². The molecule has 2 heteroatoms. The van der Waals surface area contributed by atoms with Gasteiger partial charge in [-0.25, -0.2) is 0 Å². The third kappa shape index (κ3) is 2.58. The Balaban J connectivity index is 1.74. The molecule has 2 fully saturated rings. The topological polar surface area (TPSA) is 29.5 Å². The van der Waals surface area contributed by atoms with Crippen molar-refractivity contribution in [3.05, 3.63) is 29.8 Å². The zero-order valence-electron chi connectivity index (χ0n) is 12.5. The lowest BCUT2D eigenvalue weighted by Crippen LogP contribution is -2.36. The van der Waals surface area contributed by atoms with E-state index >= 15 is 0 Å². The molecule has 0 saturated heterocycles. The molecule has 1 spiro atoms. The van der Waals surface area contributed by atoms with Crippen molar-refractivity contribution in [2.75, 3.05) is 6.61 Å². The Kier molecular flexibility index (Phi) is 3.76. The monoisotopic (exact) mass is 274 g/mol. The van der Waals surface area contributed by atoms with Gasteiger partial charge >= 0.3 is 0 Å². The van der Waals surface area contributed by atoms with Crippen LogP contribution in [0.3, 0.4) is 0 Å². The summed E-state index contributed by atoms with van der Waals surface area (Å²) in [6, 6.07) is 8.04. The highest BCUT2D eigenvalue weighted by atomic mass is 16.5. The first-order valence-electron chi connectivity index (χ1n) is 8.12. The fraction of sp³-hybridized carbons (Fsp3) is 0.667. The second kappa shape index (κ2) is 5.40. The molecule has 2 aliphatic rings. The zero-order chi connectivity index (χ0) is 14.1. The minimum absolute atomic E-state index is 0.559. The molecule has 0 aromatic heterocycles. The van der Waals surface area contributed by atoms with Gasteiger partial charge in [-0.1, -0.05) is 25.0 Å². The zero-order valence-corrected chi connectivity index (χ0v) is 12.5. The van der Waals surface area contributed by atoms with Gasteiger partial charge in [0.2, 0.25) is 0 Å². The van der Waals surface area contributed by atoms with Gasteiger partial charge < -0.3 is 9.84 Å². The number of ether oxygens (including phenoxy) is 1. The number of hydrogen-bond donors (Lipinski definition) is 1. The molecule has 0 radical (unpaired) electrons. The Morgan fingerprint density at radius 2 is 1.75 bits per heavy atom. The van der Waals surface area contributed by atoms with Gasteiger partial charge in [-0.05, 0) is 68.6 Å². The van der Waals surface area contributed by atoms with Crippen molar-refractivity contribution in [3.8, 4) is 5.75 Å². The van der Waals surface area contributed by atoms with Gasteiger partial charge in [-0.3, -0.25) is 0 Å². The molecule has 2 nitrogen and oxygen atoms in total. The van der Waals surface area contributed by atoms with Gasteiger partial charge in [0.05, 0.1) is 12.2 Å². The summed E-state index contributed by atoms with van der Waals surface area (Å²) >= 11 is 0. The molecule has 0 aliphatic heterocycles. The summed E-state index contributed by atoms with van der Waals surface area (Å²) in [5, 5.41) is 11.0. The van der Waals surface area contributed by atoms with Gasteiger partial charge in [0.1, 0.15) is 5.75 Å². The van der Waals surface area contributed by atoms with Gasteiger partial charge in [-0.15, -0.1) is 0 Å². The smallest absolute Gasteiger partial charge is 0.119 e. The summed E-state index contributed by atoms with van der Waals surface area (Å²) in [5.74, 6) is 0.875. The Hall–Kier alpha value is -1.02. The first-order valence-corrected chi connectivity index (χ1v) is 8.12. The maximum atomic E-state index is 11.0. The van der Waals surface area contributed by atoms with Crippen LogP contribution in [0.5, 0.6) is 5.75 Å². The normalized spacial score (nSPS) is 23.9. The molecule has 0 unspecified atom stereocenters. The van der Waals surface area contributed by atoms with Crippen LogP contribution in [0.4, 0.5) is 0 Å². The average molecular weight is 274 g/mol. The van der Waals surface area contributed by atoms with E-state index in [0.717, 1.165) is 24.2 Å². The van der Waals surface area contributed by atoms with Gasteiger partial charge in [-0.2, -0.15) is 0 Å². The summed E-state index contributed by atoms with van der Waals surface area (Å²) in [5.41, 5.74) is 0.960. The Labute approximate surface area is 122 Å². The van der Waals surface area contributed by atoms with E-state index in [9.17, 15) is 5.11 Å². The molecule has 3 rings (SSSR count). The first-order chi connectivity index (χ1) is 9.66. The van der Waals surface area contributed by atoms with E-state index in [0.29, 0.717) is 12.0 Å². The standard InChI is InChI=1S/C18H26O2/c1-2-20-16-7-5-6-15(14-16)18(19)12-10-17(11-13-18)8-3-4-9-17/h5-7,14,19H,2-4,8-13H2,1H3. The molecule has 1 N–H and O–H groups in total. The summed E-state index contributed by atoms with van der Waals surface area (Å²) in [7, 11) is 0. The van der Waals surface area contributed by atoms with Crippen molar-refractivity contribution in [2.24, 2.45) is 5.41 Å². The SMILES string of the molecule is CCOc1cccc(C2(O)CCC3(CCCC3)CC2)c1. The molecule has 0 amide bonds. The lowest BCUT2D eigenvalue weighted by Gasteiger charge is -2.42. The molecule has 0 bridgehead atoms. The average Bonchev–Trinajstić information content (AvgIpc) is 2.92. The summed E-state index contributed by atoms with van der Waals surface area (Å²) in [4.78, 5) is 0. The fourth-order valence-electron chi connectivity index (χ4n) is 4.15. The van der Waals surface area contributed by atoms with Crippen molar-refractivity contribution in [3.63, 3.8) is 0 Å². The number of aliphatic hydroxyl groups is 1. The molecular formula is C18H26O2. The number of benzene rings is 1. The third-order valence-corrected chi connectivity index (χ3v) is 5.48. The van der Waals surface area contributed by atoms with Crippen LogP contribution in [-0.4, -0.2) is 11.7 Å². The predicted octanol–water partition coefficient (Wildman–Crippen LogP) is 4.41. The van der Waals surface area contributed by atoms with E-state index < -0.39 is 5.60 Å². The minimum Gasteiger partial charge on any atom is -0.494 e. The van der Waals surface area contributed by atoms with Crippen molar-refractivity contribution < 1.29 is 9.84 Å². The molecule has 0 heterocycles. The second-order valence-electron chi connectivity index (χ2n) is 6.70. The maximum absolute atomic E-state index is 11.0. The number of rotatable bonds is 3. The summed E-state index contributed by atoms with van der Waals surface area (Å²) in [6.07, 6.45) is 9.70. The summed E-state index contributed by atoms with van der Waals surface area (Å²) in [6.45, 7) is 2.66. The van der Waals surface area contributed by atoms with Crippen molar-refractivity contribution in [2.45, 2.75) is 63.9 Å². The lowest BCUT2D eigenvalue weighted by atomic mass is 9.66. The van der Waals surface area contributed by atoms with Crippen LogP contribution in [0.1, 0.15) is 63.9 Å². The molecule has 0 atom stereocenters. The van der Waals surface area contributed by atoms with E-state index in [1.807, 2.05) is 25.1 Å². The van der Waals surface area contributed by atoms with Crippen LogP contribution in [0, 0.1) is 5.41 Å². The predicted molar refractivity (Wildman–Crippen MR) is 80.9 cm³/mol. The van der Waals surface area contributed by atoms with E-state index in [4.69, 9.17) is 4.74 Å². The third-order valence-electron chi connectivity index (χ3n) is 5.48.